The van der Waals surface area contributed by atoms with Crippen molar-refractivity contribution in [3.63, 3.8) is 0 Å². The fourth-order valence-electron chi connectivity index (χ4n) is 3.74. The van der Waals surface area contributed by atoms with Gasteiger partial charge in [0.1, 0.15) is 0 Å². The van der Waals surface area contributed by atoms with Crippen molar-refractivity contribution >= 4 is 16.5 Å². The number of methoxy groups -OCH3 is 1. The number of rotatable bonds is 5. The first-order valence-electron chi connectivity index (χ1n) is 9.27. The van der Waals surface area contributed by atoms with E-state index in [1.54, 1.807) is 18.4 Å². The van der Waals surface area contributed by atoms with Crippen LogP contribution in [-0.2, 0) is 20.1 Å². The number of anilines is 1. The van der Waals surface area contributed by atoms with Crippen LogP contribution in [0, 0.1) is 0 Å². The highest BCUT2D eigenvalue weighted by Crippen LogP contribution is 2.51. The van der Waals surface area contributed by atoms with Crippen molar-refractivity contribution in [2.24, 2.45) is 0 Å². The molecule has 5 nitrogen and oxygen atoms in total. The van der Waals surface area contributed by atoms with Crippen LogP contribution in [0.25, 0.3) is 0 Å². The molecule has 146 valence electrons. The van der Waals surface area contributed by atoms with Gasteiger partial charge in [0.2, 0.25) is 5.79 Å². The summed E-state index contributed by atoms with van der Waals surface area (Å²) in [6.07, 6.45) is 0.637. The van der Waals surface area contributed by atoms with Gasteiger partial charge in [-0.1, -0.05) is 60.7 Å². The summed E-state index contributed by atoms with van der Waals surface area (Å²) in [5, 5.41) is 6.03. The van der Waals surface area contributed by atoms with Crippen LogP contribution in [0.2, 0.25) is 0 Å². The molecule has 0 amide bonds. The Kier molecular flexibility index (Phi) is 5.21. The van der Waals surface area contributed by atoms with Gasteiger partial charge in [-0.3, -0.25) is 0 Å². The monoisotopic (exact) mass is 396 g/mol. The van der Waals surface area contributed by atoms with Gasteiger partial charge >= 0.3 is 0 Å². The van der Waals surface area contributed by atoms with Gasteiger partial charge < -0.3 is 10.1 Å². The molecule has 6 heteroatoms. The summed E-state index contributed by atoms with van der Waals surface area (Å²) < 4.78 is 5.75. The van der Waals surface area contributed by atoms with Crippen molar-refractivity contribution < 1.29 is 14.5 Å². The average Bonchev–Trinajstić information content (AvgIpc) is 3.24. The summed E-state index contributed by atoms with van der Waals surface area (Å²) in [4.78, 5) is 16.9. The lowest BCUT2D eigenvalue weighted by Crippen LogP contribution is -2.50. The zero-order chi connectivity index (χ0) is 19.6. The van der Waals surface area contributed by atoms with Crippen LogP contribution in [0.4, 0.5) is 5.13 Å². The Morgan fingerprint density at radius 2 is 1.64 bits per heavy atom. The van der Waals surface area contributed by atoms with Crippen molar-refractivity contribution in [2.75, 3.05) is 19.5 Å². The summed E-state index contributed by atoms with van der Waals surface area (Å²) in [7, 11) is 3.51. The first-order chi connectivity index (χ1) is 13.6. The minimum absolute atomic E-state index is 0.120. The SMILES string of the molecule is CNc1nc(C2CC(c3ccccc3)(c3ccccc3)OOC2(C)OC)cs1. The molecule has 1 aliphatic heterocycles. The highest BCUT2D eigenvalue weighted by atomic mass is 32.1. The van der Waals surface area contributed by atoms with Gasteiger partial charge in [0, 0.05) is 26.0 Å². The second kappa shape index (κ2) is 7.64. The van der Waals surface area contributed by atoms with Crippen LogP contribution in [0.15, 0.2) is 66.0 Å². The summed E-state index contributed by atoms with van der Waals surface area (Å²) in [5.41, 5.74) is 2.24. The second-order valence-electron chi connectivity index (χ2n) is 7.03. The third-order valence-electron chi connectivity index (χ3n) is 5.45. The maximum Gasteiger partial charge on any atom is 0.207 e. The zero-order valence-electron chi connectivity index (χ0n) is 16.2. The molecule has 1 saturated heterocycles. The molecule has 0 spiro atoms. The number of nitrogens with zero attached hydrogens (tertiary/aromatic N) is 1. The summed E-state index contributed by atoms with van der Waals surface area (Å²) in [6.45, 7) is 1.90. The molecule has 0 bridgehead atoms. The highest BCUT2D eigenvalue weighted by molar-refractivity contribution is 7.13. The van der Waals surface area contributed by atoms with E-state index >= 15 is 0 Å². The predicted molar refractivity (Wildman–Crippen MR) is 110 cm³/mol. The van der Waals surface area contributed by atoms with Crippen LogP contribution in [0.5, 0.6) is 0 Å². The maximum atomic E-state index is 6.16. The van der Waals surface area contributed by atoms with Gasteiger partial charge in [-0.15, -0.1) is 11.3 Å². The number of hydrogen-bond donors (Lipinski definition) is 1. The molecule has 0 saturated carbocycles. The van der Waals surface area contributed by atoms with Crippen molar-refractivity contribution in [3.05, 3.63) is 82.9 Å². The molecular weight excluding hydrogens is 372 g/mol. The highest BCUT2D eigenvalue weighted by Gasteiger charge is 2.53. The number of hydrogen-bond acceptors (Lipinski definition) is 6. The first kappa shape index (κ1) is 19.1. The molecular formula is C22H24N2O3S. The number of ether oxygens (including phenoxy) is 1. The topological polar surface area (TPSA) is 52.6 Å². The Hall–Kier alpha value is -2.25. The molecule has 1 aromatic heterocycles. The molecule has 1 aliphatic rings. The molecule has 28 heavy (non-hydrogen) atoms. The number of nitrogens with one attached hydrogen (secondary N) is 1. The van der Waals surface area contributed by atoms with Crippen LogP contribution >= 0.6 is 11.3 Å². The maximum absolute atomic E-state index is 6.16. The fourth-order valence-corrected chi connectivity index (χ4v) is 4.47. The molecule has 4 rings (SSSR count). The quantitative estimate of drug-likeness (QED) is 0.620. The zero-order valence-corrected chi connectivity index (χ0v) is 17.0. The van der Waals surface area contributed by atoms with E-state index in [4.69, 9.17) is 19.5 Å². The summed E-state index contributed by atoms with van der Waals surface area (Å²) in [6, 6.07) is 20.4. The Morgan fingerprint density at radius 1 is 1.04 bits per heavy atom. The first-order valence-corrected chi connectivity index (χ1v) is 10.2. The standard InChI is InChI=1S/C22H24N2O3S/c1-21(25-3)18(19-15-28-20(23-2)24-19)14-22(27-26-21,16-10-6-4-7-11-16)17-12-8-5-9-13-17/h4-13,15,18H,14H2,1-3H3,(H,23,24). The van der Waals surface area contributed by atoms with E-state index in [0.717, 1.165) is 22.0 Å². The number of aromatic nitrogens is 1. The van der Waals surface area contributed by atoms with Gasteiger partial charge in [-0.25, -0.2) is 9.87 Å². The summed E-state index contributed by atoms with van der Waals surface area (Å²) in [5.74, 6) is -1.06. The lowest BCUT2D eigenvalue weighted by Gasteiger charge is -2.47. The van der Waals surface area contributed by atoms with Crippen molar-refractivity contribution in [3.8, 4) is 0 Å². The third kappa shape index (κ3) is 3.22. The van der Waals surface area contributed by atoms with E-state index in [1.807, 2.05) is 50.4 Å². The molecule has 0 aliphatic carbocycles. The number of thiazole rings is 1. The van der Waals surface area contributed by atoms with E-state index in [0.29, 0.717) is 6.42 Å². The van der Waals surface area contributed by atoms with Gasteiger partial charge in [-0.2, -0.15) is 4.89 Å². The van der Waals surface area contributed by atoms with E-state index < -0.39 is 11.4 Å². The smallest absolute Gasteiger partial charge is 0.207 e. The summed E-state index contributed by atoms with van der Waals surface area (Å²) >= 11 is 1.57. The Labute approximate surface area is 169 Å². The van der Waals surface area contributed by atoms with E-state index in [2.05, 4.69) is 35.0 Å². The van der Waals surface area contributed by atoms with Gasteiger partial charge in [-0.05, 0) is 18.1 Å². The molecule has 1 N–H and O–H groups in total. The lowest BCUT2D eigenvalue weighted by atomic mass is 9.75. The van der Waals surface area contributed by atoms with E-state index in [9.17, 15) is 0 Å². The van der Waals surface area contributed by atoms with Gasteiger partial charge in [0.15, 0.2) is 10.7 Å². The number of benzene rings is 2. The lowest BCUT2D eigenvalue weighted by molar-refractivity contribution is -0.487. The molecule has 0 radical (unpaired) electrons. The molecule has 1 fully saturated rings. The second-order valence-corrected chi connectivity index (χ2v) is 7.89. The minimum Gasteiger partial charge on any atom is -0.365 e. The predicted octanol–water partition coefficient (Wildman–Crippen LogP) is 4.93. The van der Waals surface area contributed by atoms with Crippen LogP contribution < -0.4 is 5.32 Å². The molecule has 2 heterocycles. The van der Waals surface area contributed by atoms with E-state index in [1.165, 1.54) is 0 Å². The van der Waals surface area contributed by atoms with Crippen LogP contribution in [-0.4, -0.2) is 24.9 Å². The normalized spacial score (nSPS) is 24.0. The molecule has 2 aromatic carbocycles. The van der Waals surface area contributed by atoms with Crippen LogP contribution in [0.1, 0.15) is 36.1 Å². The molecule has 2 atom stereocenters. The molecule has 3 aromatic rings. The van der Waals surface area contributed by atoms with Gasteiger partial charge in [0.05, 0.1) is 11.6 Å². The third-order valence-corrected chi connectivity index (χ3v) is 6.33. The van der Waals surface area contributed by atoms with Crippen molar-refractivity contribution in [2.45, 2.75) is 30.7 Å². The molecule has 2 unspecified atom stereocenters. The average molecular weight is 397 g/mol. The largest absolute Gasteiger partial charge is 0.365 e. The van der Waals surface area contributed by atoms with Crippen molar-refractivity contribution in [1.82, 2.24) is 4.98 Å². The van der Waals surface area contributed by atoms with Gasteiger partial charge in [0.25, 0.3) is 0 Å². The Morgan fingerprint density at radius 3 is 2.14 bits per heavy atom. The van der Waals surface area contributed by atoms with Crippen LogP contribution in [0.3, 0.4) is 0 Å². The van der Waals surface area contributed by atoms with Crippen molar-refractivity contribution in [1.29, 1.82) is 0 Å². The Balaban J connectivity index is 1.84. The fraction of sp³-hybridized carbons (Fsp3) is 0.318. The van der Waals surface area contributed by atoms with E-state index in [-0.39, 0.29) is 5.92 Å². The Bertz CT molecular complexity index is 876. The minimum atomic E-state index is -0.938.